The third kappa shape index (κ3) is 2.29. The molecule has 0 N–H and O–H groups in total. The molecule has 0 atom stereocenters. The maximum Gasteiger partial charge on any atom is 0.120 e. The van der Waals surface area contributed by atoms with Crippen LogP contribution in [0, 0.1) is 0 Å². The van der Waals surface area contributed by atoms with Crippen LogP contribution in [0.25, 0.3) is 10.2 Å². The van der Waals surface area contributed by atoms with Crippen molar-refractivity contribution in [2.24, 2.45) is 0 Å². The molecule has 0 aliphatic heterocycles. The Balaban J connectivity index is 2.29. The minimum Gasteiger partial charge on any atom is -0.497 e. The van der Waals surface area contributed by atoms with Crippen molar-refractivity contribution in [1.29, 1.82) is 0 Å². The molecule has 80 valence electrons. The van der Waals surface area contributed by atoms with Crippen LogP contribution in [-0.4, -0.2) is 12.1 Å². The van der Waals surface area contributed by atoms with Crippen LogP contribution < -0.4 is 4.74 Å². The van der Waals surface area contributed by atoms with Crippen molar-refractivity contribution in [3.8, 4) is 5.75 Å². The molecule has 2 aromatic rings. The average Bonchev–Trinajstić information content (AvgIpc) is 2.67. The number of aromatic nitrogens is 1. The summed E-state index contributed by atoms with van der Waals surface area (Å²) >= 11 is 1.78. The zero-order valence-electron chi connectivity index (χ0n) is 9.12. The van der Waals surface area contributed by atoms with Crippen molar-refractivity contribution in [3.63, 3.8) is 0 Å². The molecule has 0 fully saturated rings. The number of rotatable bonds is 4. The predicted octanol–water partition coefficient (Wildman–Crippen LogP) is 3.65. The summed E-state index contributed by atoms with van der Waals surface area (Å²) in [5, 5.41) is 1.24. The Morgan fingerprint density at radius 1 is 1.40 bits per heavy atom. The van der Waals surface area contributed by atoms with Crippen LogP contribution >= 0.6 is 11.3 Å². The fraction of sp³-hybridized carbons (Fsp3) is 0.417. The first-order valence-electron chi connectivity index (χ1n) is 5.27. The van der Waals surface area contributed by atoms with Gasteiger partial charge in [0.2, 0.25) is 0 Å². The molecule has 1 aromatic carbocycles. The Kier molecular flexibility index (Phi) is 3.21. The fourth-order valence-corrected chi connectivity index (χ4v) is 2.55. The highest BCUT2D eigenvalue weighted by Crippen LogP contribution is 2.26. The van der Waals surface area contributed by atoms with Crippen molar-refractivity contribution in [3.05, 3.63) is 23.2 Å². The minimum atomic E-state index is 0.910. The molecule has 0 saturated carbocycles. The number of benzene rings is 1. The van der Waals surface area contributed by atoms with Gasteiger partial charge >= 0.3 is 0 Å². The molecule has 2 rings (SSSR count). The van der Waals surface area contributed by atoms with Crippen molar-refractivity contribution >= 4 is 21.6 Å². The molecule has 3 heteroatoms. The number of methoxy groups -OCH3 is 1. The number of aryl methyl sites for hydroxylation is 1. The molecule has 0 unspecified atom stereocenters. The topological polar surface area (TPSA) is 22.1 Å². The maximum atomic E-state index is 5.19. The molecule has 0 aliphatic rings. The number of thiazole rings is 1. The Hall–Kier alpha value is -1.09. The molecule has 1 heterocycles. The van der Waals surface area contributed by atoms with E-state index in [1.54, 1.807) is 18.4 Å². The summed E-state index contributed by atoms with van der Waals surface area (Å²) in [7, 11) is 1.69. The first-order chi connectivity index (χ1) is 7.33. The molecule has 0 aliphatic carbocycles. The van der Waals surface area contributed by atoms with E-state index in [-0.39, 0.29) is 0 Å². The standard InChI is InChI=1S/C12H15NOS/c1-3-4-5-12-13-10-7-6-9(14-2)8-11(10)15-12/h6-8H,3-5H2,1-2H3. The molecule has 0 amide bonds. The van der Waals surface area contributed by atoms with Gasteiger partial charge in [0.25, 0.3) is 0 Å². The van der Waals surface area contributed by atoms with Gasteiger partial charge in [0, 0.05) is 0 Å². The third-order valence-corrected chi connectivity index (χ3v) is 3.46. The summed E-state index contributed by atoms with van der Waals surface area (Å²) in [5.74, 6) is 0.910. The zero-order valence-corrected chi connectivity index (χ0v) is 9.93. The normalized spacial score (nSPS) is 10.8. The van der Waals surface area contributed by atoms with Gasteiger partial charge in [-0.15, -0.1) is 11.3 Å². The summed E-state index contributed by atoms with van der Waals surface area (Å²) in [6, 6.07) is 6.05. The van der Waals surface area contributed by atoms with E-state index in [9.17, 15) is 0 Å². The number of nitrogens with zero attached hydrogens (tertiary/aromatic N) is 1. The number of hydrogen-bond acceptors (Lipinski definition) is 3. The second kappa shape index (κ2) is 4.62. The highest BCUT2D eigenvalue weighted by Gasteiger charge is 2.04. The SMILES string of the molecule is CCCCc1nc2ccc(OC)cc2s1. The predicted molar refractivity (Wildman–Crippen MR) is 64.8 cm³/mol. The summed E-state index contributed by atoms with van der Waals surface area (Å²) in [6.45, 7) is 2.20. The van der Waals surface area contributed by atoms with E-state index >= 15 is 0 Å². The van der Waals surface area contributed by atoms with Gasteiger partial charge in [-0.1, -0.05) is 13.3 Å². The highest BCUT2D eigenvalue weighted by molar-refractivity contribution is 7.18. The lowest BCUT2D eigenvalue weighted by Crippen LogP contribution is -1.81. The van der Waals surface area contributed by atoms with E-state index in [1.807, 2.05) is 12.1 Å². The molecule has 0 bridgehead atoms. The first-order valence-corrected chi connectivity index (χ1v) is 6.08. The smallest absolute Gasteiger partial charge is 0.120 e. The monoisotopic (exact) mass is 221 g/mol. The van der Waals surface area contributed by atoms with Gasteiger partial charge < -0.3 is 4.74 Å². The summed E-state index contributed by atoms with van der Waals surface area (Å²) in [5.41, 5.74) is 1.09. The second-order valence-electron chi connectivity index (χ2n) is 3.54. The average molecular weight is 221 g/mol. The summed E-state index contributed by atoms with van der Waals surface area (Å²) in [6.07, 6.45) is 3.54. The Morgan fingerprint density at radius 2 is 2.27 bits per heavy atom. The van der Waals surface area contributed by atoms with Gasteiger partial charge in [0.05, 0.1) is 22.3 Å². The molecular weight excluding hydrogens is 206 g/mol. The van der Waals surface area contributed by atoms with E-state index in [4.69, 9.17) is 4.74 Å². The quantitative estimate of drug-likeness (QED) is 0.786. The van der Waals surface area contributed by atoms with Gasteiger partial charge in [0.1, 0.15) is 5.75 Å². The van der Waals surface area contributed by atoms with Gasteiger partial charge in [-0.2, -0.15) is 0 Å². The van der Waals surface area contributed by atoms with Crippen LogP contribution in [0.5, 0.6) is 5.75 Å². The second-order valence-corrected chi connectivity index (χ2v) is 4.66. The van der Waals surface area contributed by atoms with Crippen molar-refractivity contribution in [1.82, 2.24) is 4.98 Å². The summed E-state index contributed by atoms with van der Waals surface area (Å²) < 4.78 is 6.41. The van der Waals surface area contributed by atoms with Gasteiger partial charge in [0.15, 0.2) is 0 Å². The Labute approximate surface area is 93.9 Å². The van der Waals surface area contributed by atoms with E-state index in [0.29, 0.717) is 0 Å². The Bertz CT molecular complexity index is 450. The van der Waals surface area contributed by atoms with Gasteiger partial charge in [-0.05, 0) is 31.0 Å². The van der Waals surface area contributed by atoms with Crippen LogP contribution in [0.1, 0.15) is 24.8 Å². The molecule has 0 saturated heterocycles. The fourth-order valence-electron chi connectivity index (χ4n) is 1.51. The third-order valence-electron chi connectivity index (χ3n) is 2.38. The van der Waals surface area contributed by atoms with E-state index in [0.717, 1.165) is 17.7 Å². The summed E-state index contributed by atoms with van der Waals surface area (Å²) in [4.78, 5) is 4.59. The van der Waals surface area contributed by atoms with Crippen molar-refractivity contribution < 1.29 is 4.74 Å². The van der Waals surface area contributed by atoms with E-state index < -0.39 is 0 Å². The van der Waals surface area contributed by atoms with E-state index in [1.165, 1.54) is 22.5 Å². The number of hydrogen-bond donors (Lipinski definition) is 0. The zero-order chi connectivity index (χ0) is 10.7. The molecular formula is C12H15NOS. The van der Waals surface area contributed by atoms with Gasteiger partial charge in [-0.3, -0.25) is 0 Å². The number of unbranched alkanes of at least 4 members (excludes halogenated alkanes) is 1. The van der Waals surface area contributed by atoms with Crippen molar-refractivity contribution in [2.75, 3.05) is 7.11 Å². The van der Waals surface area contributed by atoms with Crippen LogP contribution in [0.15, 0.2) is 18.2 Å². The van der Waals surface area contributed by atoms with Crippen LogP contribution in [-0.2, 0) is 6.42 Å². The first kappa shape index (κ1) is 10.4. The highest BCUT2D eigenvalue weighted by atomic mass is 32.1. The lowest BCUT2D eigenvalue weighted by molar-refractivity contribution is 0.415. The lowest BCUT2D eigenvalue weighted by Gasteiger charge is -1.96. The van der Waals surface area contributed by atoms with Crippen LogP contribution in [0.2, 0.25) is 0 Å². The maximum absolute atomic E-state index is 5.19. The molecule has 0 radical (unpaired) electrons. The van der Waals surface area contributed by atoms with E-state index in [2.05, 4.69) is 18.0 Å². The molecule has 2 nitrogen and oxygen atoms in total. The molecule has 0 spiro atoms. The number of ether oxygens (including phenoxy) is 1. The van der Waals surface area contributed by atoms with Gasteiger partial charge in [-0.25, -0.2) is 4.98 Å². The van der Waals surface area contributed by atoms with Crippen LogP contribution in [0.4, 0.5) is 0 Å². The molecule has 1 aromatic heterocycles. The Morgan fingerprint density at radius 3 is 3.00 bits per heavy atom. The number of fused-ring (bicyclic) bond motifs is 1. The molecule has 15 heavy (non-hydrogen) atoms. The van der Waals surface area contributed by atoms with Crippen molar-refractivity contribution in [2.45, 2.75) is 26.2 Å². The lowest BCUT2D eigenvalue weighted by atomic mass is 10.2. The van der Waals surface area contributed by atoms with Crippen LogP contribution in [0.3, 0.4) is 0 Å². The minimum absolute atomic E-state index is 0.910. The largest absolute Gasteiger partial charge is 0.497 e.